The van der Waals surface area contributed by atoms with Crippen molar-refractivity contribution in [3.05, 3.63) is 53.1 Å². The van der Waals surface area contributed by atoms with E-state index in [0.29, 0.717) is 5.69 Å². The van der Waals surface area contributed by atoms with Gasteiger partial charge in [-0.15, -0.1) is 0 Å². The van der Waals surface area contributed by atoms with Gasteiger partial charge in [0.2, 0.25) is 0 Å². The average molecular weight is 282 g/mol. The molecule has 1 heterocycles. The molecule has 0 radical (unpaired) electrons. The highest BCUT2D eigenvalue weighted by Crippen LogP contribution is 2.36. The number of hydrogen-bond acceptors (Lipinski definition) is 2. The molecule has 2 aromatic rings. The quantitative estimate of drug-likeness (QED) is 0.793. The van der Waals surface area contributed by atoms with Crippen molar-refractivity contribution in [2.75, 3.05) is 0 Å². The van der Waals surface area contributed by atoms with Crippen LogP contribution in [0.4, 0.5) is 4.39 Å². The van der Waals surface area contributed by atoms with Gasteiger partial charge in [-0.2, -0.15) is 5.26 Å². The highest BCUT2D eigenvalue weighted by Gasteiger charge is 2.18. The van der Waals surface area contributed by atoms with E-state index in [9.17, 15) is 4.39 Å². The van der Waals surface area contributed by atoms with Crippen LogP contribution in [0, 0.1) is 17.1 Å². The fourth-order valence-corrected chi connectivity index (χ4v) is 2.66. The number of benzene rings is 1. The Bertz CT molecular complexity index is 697. The highest BCUT2D eigenvalue weighted by molar-refractivity contribution is 5.70. The van der Waals surface area contributed by atoms with Crippen molar-refractivity contribution >= 4 is 0 Å². The van der Waals surface area contributed by atoms with Gasteiger partial charge in [0.05, 0.1) is 0 Å². The molecule has 108 valence electrons. The van der Waals surface area contributed by atoms with Gasteiger partial charge < -0.3 is 0 Å². The second kappa shape index (κ2) is 6.05. The van der Waals surface area contributed by atoms with E-state index >= 15 is 0 Å². The van der Waals surface area contributed by atoms with Crippen LogP contribution < -0.4 is 0 Å². The van der Waals surface area contributed by atoms with Gasteiger partial charge in [0.15, 0.2) is 0 Å². The third kappa shape index (κ3) is 3.11. The summed E-state index contributed by atoms with van der Waals surface area (Å²) in [5, 5.41) is 9.00. The molecule has 0 fully saturated rings. The largest absolute Gasteiger partial charge is 0.246 e. The lowest BCUT2D eigenvalue weighted by Crippen LogP contribution is -2.03. The summed E-state index contributed by atoms with van der Waals surface area (Å²) in [5.74, 6) is 0.277. The Kier molecular flexibility index (Phi) is 4.37. The van der Waals surface area contributed by atoms with Crippen molar-refractivity contribution in [1.29, 1.82) is 5.26 Å². The molecule has 1 aromatic carbocycles. The molecule has 0 saturated carbocycles. The van der Waals surface area contributed by atoms with Crippen molar-refractivity contribution < 1.29 is 4.39 Å². The van der Waals surface area contributed by atoms with Gasteiger partial charge >= 0.3 is 0 Å². The van der Waals surface area contributed by atoms with E-state index in [4.69, 9.17) is 5.26 Å². The van der Waals surface area contributed by atoms with Crippen LogP contribution in [0.2, 0.25) is 0 Å². The zero-order chi connectivity index (χ0) is 15.6. The third-order valence-electron chi connectivity index (χ3n) is 3.56. The number of halogens is 1. The lowest BCUT2D eigenvalue weighted by Gasteiger charge is -2.21. The lowest BCUT2D eigenvalue weighted by molar-refractivity contribution is 0.621. The Morgan fingerprint density at radius 2 is 1.81 bits per heavy atom. The minimum absolute atomic E-state index is 0.242. The number of nitriles is 1. The molecule has 0 saturated heterocycles. The maximum Gasteiger partial charge on any atom is 0.141 e. The molecule has 0 bridgehead atoms. The van der Waals surface area contributed by atoms with E-state index in [0.717, 1.165) is 22.3 Å². The zero-order valence-electron chi connectivity index (χ0n) is 12.8. The molecule has 0 unspecified atom stereocenters. The Hall–Kier alpha value is -2.21. The van der Waals surface area contributed by atoms with Crippen LogP contribution in [0.25, 0.3) is 11.1 Å². The van der Waals surface area contributed by atoms with Gasteiger partial charge in [0.25, 0.3) is 0 Å². The van der Waals surface area contributed by atoms with E-state index in [1.54, 1.807) is 24.4 Å². The van der Waals surface area contributed by atoms with Crippen molar-refractivity contribution in [3.8, 4) is 17.2 Å². The van der Waals surface area contributed by atoms with Crippen LogP contribution in [0.1, 0.15) is 56.4 Å². The Labute approximate surface area is 125 Å². The standard InChI is InChI=1S/C18H19FN2/c1-11(2)16-8-14(19)9-17(18(16)12(3)4)13-5-6-21-15(7-13)10-20/h5-9,11-12H,1-4H3. The van der Waals surface area contributed by atoms with Crippen molar-refractivity contribution in [3.63, 3.8) is 0 Å². The van der Waals surface area contributed by atoms with Crippen LogP contribution in [-0.2, 0) is 0 Å². The Morgan fingerprint density at radius 1 is 1.10 bits per heavy atom. The molecular weight excluding hydrogens is 263 g/mol. The van der Waals surface area contributed by atoms with Gasteiger partial charge in [-0.25, -0.2) is 9.37 Å². The van der Waals surface area contributed by atoms with Crippen LogP contribution in [0.5, 0.6) is 0 Å². The summed E-state index contributed by atoms with van der Waals surface area (Å²) < 4.78 is 14.0. The second-order valence-corrected chi connectivity index (χ2v) is 5.81. The topological polar surface area (TPSA) is 36.7 Å². The molecular formula is C18H19FN2. The molecule has 3 heteroatoms. The molecule has 0 aliphatic carbocycles. The summed E-state index contributed by atoms with van der Waals surface area (Å²) in [4.78, 5) is 3.98. The number of nitrogens with zero attached hydrogens (tertiary/aromatic N) is 2. The molecule has 0 amide bonds. The highest BCUT2D eigenvalue weighted by atomic mass is 19.1. The van der Waals surface area contributed by atoms with Gasteiger partial charge in [0.1, 0.15) is 17.6 Å². The minimum Gasteiger partial charge on any atom is -0.246 e. The third-order valence-corrected chi connectivity index (χ3v) is 3.56. The van der Waals surface area contributed by atoms with Crippen LogP contribution in [-0.4, -0.2) is 4.98 Å². The first-order valence-electron chi connectivity index (χ1n) is 7.14. The van der Waals surface area contributed by atoms with Crippen LogP contribution in [0.15, 0.2) is 30.5 Å². The molecule has 0 spiro atoms. The molecule has 0 N–H and O–H groups in total. The smallest absolute Gasteiger partial charge is 0.141 e. The Morgan fingerprint density at radius 3 is 2.38 bits per heavy atom. The first kappa shape index (κ1) is 15.2. The summed E-state index contributed by atoms with van der Waals surface area (Å²) in [5.41, 5.74) is 4.20. The maximum atomic E-state index is 14.0. The summed E-state index contributed by atoms with van der Waals surface area (Å²) in [6.07, 6.45) is 1.60. The summed E-state index contributed by atoms with van der Waals surface area (Å²) >= 11 is 0. The number of aromatic nitrogens is 1. The second-order valence-electron chi connectivity index (χ2n) is 5.81. The van der Waals surface area contributed by atoms with Gasteiger partial charge in [-0.05, 0) is 58.4 Å². The first-order valence-corrected chi connectivity index (χ1v) is 7.14. The van der Waals surface area contributed by atoms with Gasteiger partial charge in [-0.3, -0.25) is 0 Å². The maximum absolute atomic E-state index is 14.0. The molecule has 0 atom stereocenters. The van der Waals surface area contributed by atoms with Crippen molar-refractivity contribution in [2.24, 2.45) is 0 Å². The average Bonchev–Trinajstić information content (AvgIpc) is 2.45. The monoisotopic (exact) mass is 282 g/mol. The molecule has 0 aliphatic rings. The van der Waals surface area contributed by atoms with Gasteiger partial charge in [-0.1, -0.05) is 27.7 Å². The minimum atomic E-state index is -0.242. The van der Waals surface area contributed by atoms with E-state index in [1.807, 2.05) is 12.1 Å². The van der Waals surface area contributed by atoms with Crippen LogP contribution >= 0.6 is 0 Å². The van der Waals surface area contributed by atoms with E-state index in [2.05, 4.69) is 32.7 Å². The summed E-state index contributed by atoms with van der Waals surface area (Å²) in [7, 11) is 0. The first-order chi connectivity index (χ1) is 9.93. The summed E-state index contributed by atoms with van der Waals surface area (Å²) in [6.45, 7) is 8.35. The SMILES string of the molecule is CC(C)c1cc(F)cc(-c2ccnc(C#N)c2)c1C(C)C. The lowest BCUT2D eigenvalue weighted by atomic mass is 9.84. The van der Waals surface area contributed by atoms with Crippen molar-refractivity contribution in [1.82, 2.24) is 4.98 Å². The zero-order valence-corrected chi connectivity index (χ0v) is 12.8. The molecule has 2 rings (SSSR count). The van der Waals surface area contributed by atoms with E-state index in [1.165, 1.54) is 0 Å². The normalized spacial score (nSPS) is 11.0. The number of pyridine rings is 1. The molecule has 2 nitrogen and oxygen atoms in total. The van der Waals surface area contributed by atoms with Crippen LogP contribution in [0.3, 0.4) is 0 Å². The molecule has 1 aromatic heterocycles. The fraction of sp³-hybridized carbons (Fsp3) is 0.333. The van der Waals surface area contributed by atoms with Crippen molar-refractivity contribution in [2.45, 2.75) is 39.5 Å². The van der Waals surface area contributed by atoms with E-state index in [-0.39, 0.29) is 17.7 Å². The predicted molar refractivity (Wildman–Crippen MR) is 82.5 cm³/mol. The molecule has 21 heavy (non-hydrogen) atoms. The predicted octanol–water partition coefficient (Wildman–Crippen LogP) is 5.01. The van der Waals surface area contributed by atoms with E-state index < -0.39 is 0 Å². The summed E-state index contributed by atoms with van der Waals surface area (Å²) in [6, 6.07) is 8.75. The fourth-order valence-electron chi connectivity index (χ4n) is 2.66. The van der Waals surface area contributed by atoms with Gasteiger partial charge in [0, 0.05) is 6.20 Å². The molecule has 0 aliphatic heterocycles. The number of hydrogen-bond donors (Lipinski definition) is 0. The number of rotatable bonds is 3. The Balaban J connectivity index is 2.75.